The van der Waals surface area contributed by atoms with E-state index < -0.39 is 5.97 Å². The SMILES string of the molecule is C1COCCN1.CCCCCCCCCCCCCCCCCCCCCCCCCCCC(=O)O. The average Bonchev–Trinajstić information content (AvgIpc) is 2.90. The zero-order valence-electron chi connectivity index (χ0n) is 24.5. The molecular weight excluding hydrogens is 446 g/mol. The third-order valence-electron chi connectivity index (χ3n) is 7.34. The van der Waals surface area contributed by atoms with E-state index in [-0.39, 0.29) is 0 Å². The molecule has 0 aromatic carbocycles. The molecule has 0 spiro atoms. The summed E-state index contributed by atoms with van der Waals surface area (Å²) >= 11 is 0. The van der Waals surface area contributed by atoms with Gasteiger partial charge in [-0.05, 0) is 6.42 Å². The van der Waals surface area contributed by atoms with Crippen LogP contribution >= 0.6 is 0 Å². The molecule has 36 heavy (non-hydrogen) atoms. The molecule has 0 aliphatic carbocycles. The topological polar surface area (TPSA) is 58.6 Å². The number of morpholine rings is 1. The van der Waals surface area contributed by atoms with Gasteiger partial charge in [0.25, 0.3) is 0 Å². The van der Waals surface area contributed by atoms with Crippen LogP contribution < -0.4 is 5.32 Å². The Bertz CT molecular complexity index is 401. The Labute approximate surface area is 226 Å². The number of aliphatic carboxylic acids is 1. The van der Waals surface area contributed by atoms with Crippen LogP contribution in [0.3, 0.4) is 0 Å². The lowest BCUT2D eigenvalue weighted by Crippen LogP contribution is -2.30. The molecule has 0 saturated carbocycles. The van der Waals surface area contributed by atoms with E-state index >= 15 is 0 Å². The molecule has 0 amide bonds. The Morgan fingerprint density at radius 2 is 0.806 bits per heavy atom. The van der Waals surface area contributed by atoms with Crippen LogP contribution in [0.25, 0.3) is 0 Å². The van der Waals surface area contributed by atoms with Gasteiger partial charge in [-0.2, -0.15) is 0 Å². The van der Waals surface area contributed by atoms with Gasteiger partial charge in [-0.15, -0.1) is 0 Å². The molecule has 0 atom stereocenters. The van der Waals surface area contributed by atoms with E-state index in [1.54, 1.807) is 0 Å². The van der Waals surface area contributed by atoms with Crippen LogP contribution in [0.2, 0.25) is 0 Å². The minimum Gasteiger partial charge on any atom is -0.481 e. The van der Waals surface area contributed by atoms with E-state index in [2.05, 4.69) is 12.2 Å². The molecule has 4 heteroatoms. The minimum atomic E-state index is -0.649. The number of unbranched alkanes of at least 4 members (excludes halogenated alkanes) is 24. The van der Waals surface area contributed by atoms with Gasteiger partial charge in [0, 0.05) is 19.5 Å². The number of ether oxygens (including phenoxy) is 1. The van der Waals surface area contributed by atoms with Crippen LogP contribution in [-0.4, -0.2) is 37.4 Å². The first-order valence-electron chi connectivity index (χ1n) is 16.3. The van der Waals surface area contributed by atoms with Crippen molar-refractivity contribution >= 4 is 5.97 Å². The zero-order valence-corrected chi connectivity index (χ0v) is 24.5. The lowest BCUT2D eigenvalue weighted by molar-refractivity contribution is -0.137. The Morgan fingerprint density at radius 1 is 0.528 bits per heavy atom. The fourth-order valence-corrected chi connectivity index (χ4v) is 4.93. The molecular formula is C32H65NO3. The molecule has 0 aromatic rings. The summed E-state index contributed by atoms with van der Waals surface area (Å²) in [5, 5.41) is 11.8. The number of carboxylic acids is 1. The molecule has 2 N–H and O–H groups in total. The van der Waals surface area contributed by atoms with E-state index in [0.29, 0.717) is 6.42 Å². The number of carbonyl (C=O) groups is 1. The molecule has 1 heterocycles. The van der Waals surface area contributed by atoms with E-state index in [1.807, 2.05) is 0 Å². The van der Waals surface area contributed by atoms with Crippen molar-refractivity contribution in [2.24, 2.45) is 0 Å². The number of nitrogens with one attached hydrogen (secondary N) is 1. The molecule has 1 aliphatic heterocycles. The maximum atomic E-state index is 10.4. The summed E-state index contributed by atoms with van der Waals surface area (Å²) in [5.74, 6) is -0.649. The summed E-state index contributed by atoms with van der Waals surface area (Å²) in [6.07, 6.45) is 35.0. The van der Waals surface area contributed by atoms with Gasteiger partial charge < -0.3 is 15.2 Å². The van der Waals surface area contributed by atoms with Crippen molar-refractivity contribution in [3.63, 3.8) is 0 Å². The van der Waals surface area contributed by atoms with E-state index in [9.17, 15) is 4.79 Å². The van der Waals surface area contributed by atoms with Gasteiger partial charge in [-0.1, -0.05) is 161 Å². The minimum absolute atomic E-state index is 0.347. The largest absolute Gasteiger partial charge is 0.481 e. The molecule has 1 rings (SSSR count). The first-order valence-corrected chi connectivity index (χ1v) is 16.3. The van der Waals surface area contributed by atoms with Gasteiger partial charge in [-0.3, -0.25) is 4.79 Å². The molecule has 4 nitrogen and oxygen atoms in total. The fraction of sp³-hybridized carbons (Fsp3) is 0.969. The van der Waals surface area contributed by atoms with Crippen LogP contribution in [0.5, 0.6) is 0 Å². The number of hydrogen-bond donors (Lipinski definition) is 2. The molecule has 1 fully saturated rings. The third-order valence-corrected chi connectivity index (χ3v) is 7.34. The molecule has 1 aliphatic rings. The first kappa shape index (κ1) is 35.4. The maximum Gasteiger partial charge on any atom is 0.303 e. The summed E-state index contributed by atoms with van der Waals surface area (Å²) in [7, 11) is 0. The zero-order chi connectivity index (χ0) is 26.2. The van der Waals surface area contributed by atoms with Gasteiger partial charge in [0.2, 0.25) is 0 Å². The van der Waals surface area contributed by atoms with Crippen molar-refractivity contribution in [3.05, 3.63) is 0 Å². The maximum absolute atomic E-state index is 10.4. The standard InChI is InChI=1S/C28H56O2.C4H9NO/c1-2-3-4-5-6-7-8-9-10-11-12-13-14-15-16-17-18-19-20-21-22-23-24-25-26-27-28(29)30;1-3-6-4-2-5-1/h2-27H2,1H3,(H,29,30);5H,1-4H2. The van der Waals surface area contributed by atoms with E-state index in [4.69, 9.17) is 9.84 Å². The number of carboxylic acid groups (broad SMARTS) is 1. The van der Waals surface area contributed by atoms with Crippen molar-refractivity contribution in [2.75, 3.05) is 26.3 Å². The van der Waals surface area contributed by atoms with Gasteiger partial charge in [0.1, 0.15) is 0 Å². The van der Waals surface area contributed by atoms with Crippen LogP contribution in [-0.2, 0) is 9.53 Å². The van der Waals surface area contributed by atoms with Crippen LogP contribution in [0.15, 0.2) is 0 Å². The second-order valence-electron chi connectivity index (χ2n) is 11.0. The molecule has 216 valence electrons. The molecule has 0 bridgehead atoms. The van der Waals surface area contributed by atoms with Crippen molar-refractivity contribution in [3.8, 4) is 0 Å². The summed E-state index contributed by atoms with van der Waals surface area (Å²) in [6, 6.07) is 0. The van der Waals surface area contributed by atoms with Gasteiger partial charge in [-0.25, -0.2) is 0 Å². The Morgan fingerprint density at radius 3 is 1.00 bits per heavy atom. The third kappa shape index (κ3) is 33.4. The normalized spacial score (nSPS) is 13.4. The van der Waals surface area contributed by atoms with E-state index in [0.717, 1.165) is 39.1 Å². The lowest BCUT2D eigenvalue weighted by atomic mass is 10.0. The Balaban J connectivity index is 0.00000176. The van der Waals surface area contributed by atoms with Crippen LogP contribution in [0, 0.1) is 0 Å². The van der Waals surface area contributed by atoms with Crippen LogP contribution in [0.4, 0.5) is 0 Å². The lowest BCUT2D eigenvalue weighted by Gasteiger charge is -2.10. The highest BCUT2D eigenvalue weighted by atomic mass is 16.5. The second kappa shape index (κ2) is 32.4. The summed E-state index contributed by atoms with van der Waals surface area (Å²) in [5.41, 5.74) is 0. The van der Waals surface area contributed by atoms with Gasteiger partial charge >= 0.3 is 5.97 Å². The number of hydrogen-bond acceptors (Lipinski definition) is 3. The molecule has 1 saturated heterocycles. The molecule has 0 unspecified atom stereocenters. The smallest absolute Gasteiger partial charge is 0.303 e. The van der Waals surface area contributed by atoms with Crippen molar-refractivity contribution in [2.45, 2.75) is 174 Å². The van der Waals surface area contributed by atoms with Gasteiger partial charge in [0.15, 0.2) is 0 Å². The predicted octanol–water partition coefficient (Wildman–Crippen LogP) is 9.84. The summed E-state index contributed by atoms with van der Waals surface area (Å²) in [4.78, 5) is 10.4. The van der Waals surface area contributed by atoms with Crippen LogP contribution in [0.1, 0.15) is 174 Å². The van der Waals surface area contributed by atoms with Gasteiger partial charge in [0.05, 0.1) is 13.2 Å². The monoisotopic (exact) mass is 511 g/mol. The van der Waals surface area contributed by atoms with E-state index in [1.165, 1.54) is 148 Å². The van der Waals surface area contributed by atoms with Crippen molar-refractivity contribution in [1.29, 1.82) is 0 Å². The quantitative estimate of drug-likeness (QED) is 0.113. The first-order chi connectivity index (χ1) is 17.8. The Hall–Kier alpha value is -0.610. The summed E-state index contributed by atoms with van der Waals surface area (Å²) < 4.78 is 5.01. The average molecular weight is 512 g/mol. The Kier molecular flexibility index (Phi) is 31.9. The molecule has 0 radical (unpaired) electrons. The fourth-order valence-electron chi connectivity index (χ4n) is 4.93. The highest BCUT2D eigenvalue weighted by Crippen LogP contribution is 2.15. The highest BCUT2D eigenvalue weighted by Gasteiger charge is 1.98. The highest BCUT2D eigenvalue weighted by molar-refractivity contribution is 5.66. The van der Waals surface area contributed by atoms with Crippen molar-refractivity contribution in [1.82, 2.24) is 5.32 Å². The second-order valence-corrected chi connectivity index (χ2v) is 11.0. The summed E-state index contributed by atoms with van der Waals surface area (Å²) in [6.45, 7) is 6.13. The predicted molar refractivity (Wildman–Crippen MR) is 157 cm³/mol. The number of rotatable bonds is 26. The molecule has 0 aromatic heterocycles. The van der Waals surface area contributed by atoms with Crippen molar-refractivity contribution < 1.29 is 14.6 Å².